The van der Waals surface area contributed by atoms with Crippen molar-refractivity contribution in [3.05, 3.63) is 35.9 Å². The maximum atomic E-state index is 11.6. The topological polar surface area (TPSA) is 17.1 Å². The van der Waals surface area contributed by atoms with Crippen LogP contribution in [0.4, 0.5) is 0 Å². The molecule has 2 rings (SSSR count). The van der Waals surface area contributed by atoms with Gasteiger partial charge in [-0.3, -0.25) is 4.79 Å². The van der Waals surface area contributed by atoms with Crippen LogP contribution in [0.3, 0.4) is 0 Å². The zero-order chi connectivity index (χ0) is 11.2. The fraction of sp³-hybridized carbons (Fsp3) is 0.400. The molecule has 0 amide bonds. The second kappa shape index (κ2) is 5.51. The van der Waals surface area contributed by atoms with E-state index in [0.717, 1.165) is 5.56 Å². The van der Waals surface area contributed by atoms with Crippen LogP contribution >= 0.6 is 0 Å². The average molecular weight is 212 g/mol. The predicted octanol–water partition coefficient (Wildman–Crippen LogP) is 2.99. The second-order valence-corrected chi connectivity index (χ2v) is 4.34. The van der Waals surface area contributed by atoms with Crippen molar-refractivity contribution in [2.75, 3.05) is 0 Å². The first-order valence-corrected chi connectivity index (χ1v) is 5.93. The highest BCUT2D eigenvalue weighted by atomic mass is 16.1. The van der Waals surface area contributed by atoms with E-state index < -0.39 is 0 Å². The van der Waals surface area contributed by atoms with Gasteiger partial charge in [-0.2, -0.15) is 0 Å². The molecule has 1 aliphatic carbocycles. The van der Waals surface area contributed by atoms with E-state index in [4.69, 9.17) is 0 Å². The Morgan fingerprint density at radius 1 is 1.19 bits per heavy atom. The zero-order valence-electron chi connectivity index (χ0n) is 9.41. The lowest BCUT2D eigenvalue weighted by Gasteiger charge is -1.96. The molecule has 1 aromatic carbocycles. The molecule has 0 unspecified atom stereocenters. The molecule has 0 bridgehead atoms. The lowest BCUT2D eigenvalue weighted by molar-refractivity contribution is -0.113. The van der Waals surface area contributed by atoms with Crippen LogP contribution in [0, 0.1) is 17.8 Å². The Morgan fingerprint density at radius 3 is 2.56 bits per heavy atom. The molecule has 0 heterocycles. The number of Topliss-reactive ketones (excluding diaryl/α,β-unsaturated/α-hetero) is 1. The van der Waals surface area contributed by atoms with Crippen molar-refractivity contribution in [3.63, 3.8) is 0 Å². The van der Waals surface area contributed by atoms with Crippen LogP contribution < -0.4 is 0 Å². The molecule has 1 fully saturated rings. The van der Waals surface area contributed by atoms with Crippen molar-refractivity contribution in [1.29, 1.82) is 0 Å². The summed E-state index contributed by atoms with van der Waals surface area (Å²) in [5.74, 6) is 6.40. The molecule has 0 spiro atoms. The van der Waals surface area contributed by atoms with Crippen LogP contribution in [0.15, 0.2) is 30.3 Å². The lowest BCUT2D eigenvalue weighted by atomic mass is 10.1. The summed E-state index contributed by atoms with van der Waals surface area (Å²) in [7, 11) is 0. The standard InChI is InChI=1S/C15H16O/c16-15(11-10-13-6-4-5-7-13)12-14-8-2-1-3-9-14/h1-3,8-9,13H,4-7,12H2. The molecular formula is C15H16O. The Labute approximate surface area is 96.9 Å². The van der Waals surface area contributed by atoms with Crippen molar-refractivity contribution in [2.24, 2.45) is 5.92 Å². The number of ketones is 1. The number of hydrogen-bond acceptors (Lipinski definition) is 1. The summed E-state index contributed by atoms with van der Waals surface area (Å²) in [5, 5.41) is 0. The normalized spacial score (nSPS) is 15.5. The van der Waals surface area contributed by atoms with Gasteiger partial charge in [0.05, 0.1) is 0 Å². The van der Waals surface area contributed by atoms with Crippen LogP contribution in [0.5, 0.6) is 0 Å². The minimum absolute atomic E-state index is 0.0399. The van der Waals surface area contributed by atoms with Crippen LogP contribution in [0.1, 0.15) is 31.2 Å². The van der Waals surface area contributed by atoms with E-state index in [0.29, 0.717) is 12.3 Å². The van der Waals surface area contributed by atoms with Gasteiger partial charge in [0, 0.05) is 12.3 Å². The second-order valence-electron chi connectivity index (χ2n) is 4.34. The molecule has 16 heavy (non-hydrogen) atoms. The van der Waals surface area contributed by atoms with Crippen molar-refractivity contribution in [3.8, 4) is 11.8 Å². The Hall–Kier alpha value is -1.55. The quantitative estimate of drug-likeness (QED) is 0.544. The van der Waals surface area contributed by atoms with Gasteiger partial charge < -0.3 is 0 Å². The number of benzene rings is 1. The molecule has 1 aliphatic rings. The van der Waals surface area contributed by atoms with Gasteiger partial charge in [0.25, 0.3) is 0 Å². The fourth-order valence-corrected chi connectivity index (χ4v) is 2.08. The fourth-order valence-electron chi connectivity index (χ4n) is 2.08. The molecule has 1 heteroatoms. The summed E-state index contributed by atoms with van der Waals surface area (Å²) < 4.78 is 0. The first-order chi connectivity index (χ1) is 7.84. The van der Waals surface area contributed by atoms with Crippen LogP contribution in [-0.4, -0.2) is 5.78 Å². The molecule has 0 saturated heterocycles. The third-order valence-electron chi connectivity index (χ3n) is 2.98. The molecule has 1 aromatic rings. The Bertz CT molecular complexity index is 402. The third-order valence-corrected chi connectivity index (χ3v) is 2.98. The molecule has 0 N–H and O–H groups in total. The number of carbonyl (C=O) groups is 1. The van der Waals surface area contributed by atoms with E-state index in [2.05, 4.69) is 11.8 Å². The van der Waals surface area contributed by atoms with Gasteiger partial charge >= 0.3 is 0 Å². The van der Waals surface area contributed by atoms with Crippen molar-refractivity contribution in [2.45, 2.75) is 32.1 Å². The van der Waals surface area contributed by atoms with E-state index in [9.17, 15) is 4.79 Å². The lowest BCUT2D eigenvalue weighted by Crippen LogP contribution is -1.99. The molecule has 0 atom stereocenters. The SMILES string of the molecule is O=C(C#CC1CCCC1)Cc1ccccc1. The van der Waals surface area contributed by atoms with Gasteiger partial charge in [0.2, 0.25) is 5.78 Å². The minimum atomic E-state index is 0.0399. The van der Waals surface area contributed by atoms with Gasteiger partial charge in [-0.1, -0.05) is 49.1 Å². The maximum absolute atomic E-state index is 11.6. The molecular weight excluding hydrogens is 196 g/mol. The zero-order valence-corrected chi connectivity index (χ0v) is 9.41. The Morgan fingerprint density at radius 2 is 1.88 bits per heavy atom. The van der Waals surface area contributed by atoms with Crippen LogP contribution in [0.2, 0.25) is 0 Å². The summed E-state index contributed by atoms with van der Waals surface area (Å²) >= 11 is 0. The van der Waals surface area contributed by atoms with Gasteiger partial charge in [0.15, 0.2) is 0 Å². The summed E-state index contributed by atoms with van der Waals surface area (Å²) in [6.07, 6.45) is 5.33. The molecule has 82 valence electrons. The number of carbonyl (C=O) groups excluding carboxylic acids is 1. The van der Waals surface area contributed by atoms with Crippen LogP contribution in [0.25, 0.3) is 0 Å². The minimum Gasteiger partial charge on any atom is -0.285 e. The number of rotatable bonds is 2. The summed E-state index contributed by atoms with van der Waals surface area (Å²) in [6, 6.07) is 9.79. The van der Waals surface area contributed by atoms with E-state index in [-0.39, 0.29) is 5.78 Å². The summed E-state index contributed by atoms with van der Waals surface area (Å²) in [4.78, 5) is 11.6. The molecule has 0 aromatic heterocycles. The van der Waals surface area contributed by atoms with Crippen molar-refractivity contribution >= 4 is 5.78 Å². The predicted molar refractivity (Wildman–Crippen MR) is 64.9 cm³/mol. The third kappa shape index (κ3) is 3.24. The number of hydrogen-bond donors (Lipinski definition) is 0. The van der Waals surface area contributed by atoms with Crippen LogP contribution in [-0.2, 0) is 11.2 Å². The maximum Gasteiger partial charge on any atom is 0.209 e. The van der Waals surface area contributed by atoms with E-state index in [1.54, 1.807) is 0 Å². The highest BCUT2D eigenvalue weighted by Crippen LogP contribution is 2.23. The average Bonchev–Trinajstić information content (AvgIpc) is 2.81. The first-order valence-electron chi connectivity index (χ1n) is 5.93. The van der Waals surface area contributed by atoms with Gasteiger partial charge in [-0.05, 0) is 24.3 Å². The van der Waals surface area contributed by atoms with E-state index in [1.165, 1.54) is 25.7 Å². The first kappa shape index (κ1) is 11.0. The monoisotopic (exact) mass is 212 g/mol. The van der Waals surface area contributed by atoms with E-state index >= 15 is 0 Å². The Kier molecular flexibility index (Phi) is 3.77. The Balaban J connectivity index is 1.88. The summed E-state index contributed by atoms with van der Waals surface area (Å²) in [5.41, 5.74) is 1.05. The van der Waals surface area contributed by atoms with Gasteiger partial charge in [-0.15, -0.1) is 0 Å². The highest BCUT2D eigenvalue weighted by molar-refractivity contribution is 5.96. The van der Waals surface area contributed by atoms with Crippen molar-refractivity contribution < 1.29 is 4.79 Å². The molecule has 1 nitrogen and oxygen atoms in total. The van der Waals surface area contributed by atoms with Gasteiger partial charge in [0.1, 0.15) is 0 Å². The molecule has 0 aliphatic heterocycles. The smallest absolute Gasteiger partial charge is 0.209 e. The summed E-state index contributed by atoms with van der Waals surface area (Å²) in [6.45, 7) is 0. The molecule has 0 radical (unpaired) electrons. The van der Waals surface area contributed by atoms with E-state index in [1.807, 2.05) is 30.3 Å². The largest absolute Gasteiger partial charge is 0.285 e. The highest BCUT2D eigenvalue weighted by Gasteiger charge is 2.11. The molecule has 1 saturated carbocycles. The van der Waals surface area contributed by atoms with Crippen molar-refractivity contribution in [1.82, 2.24) is 0 Å². The van der Waals surface area contributed by atoms with Gasteiger partial charge in [-0.25, -0.2) is 0 Å².